The van der Waals surface area contributed by atoms with Crippen molar-refractivity contribution in [3.63, 3.8) is 0 Å². The van der Waals surface area contributed by atoms with E-state index in [4.69, 9.17) is 9.84 Å². The van der Waals surface area contributed by atoms with E-state index in [1.165, 1.54) is 0 Å². The van der Waals surface area contributed by atoms with E-state index in [-0.39, 0.29) is 43.9 Å². The lowest BCUT2D eigenvalue weighted by Gasteiger charge is -2.35. The van der Waals surface area contributed by atoms with Gasteiger partial charge < -0.3 is 24.9 Å². The van der Waals surface area contributed by atoms with E-state index in [1.54, 1.807) is 4.90 Å². The molecule has 36 heavy (non-hydrogen) atoms. The number of benzene rings is 2. The minimum absolute atomic E-state index is 0.0791. The smallest absolute Gasteiger partial charge is 0.408 e. The fourth-order valence-corrected chi connectivity index (χ4v) is 4.52. The van der Waals surface area contributed by atoms with E-state index >= 15 is 0 Å². The van der Waals surface area contributed by atoms with Gasteiger partial charge >= 0.3 is 12.1 Å². The largest absolute Gasteiger partial charge is 0.481 e. The summed E-state index contributed by atoms with van der Waals surface area (Å²) in [4.78, 5) is 50.9. The summed E-state index contributed by atoms with van der Waals surface area (Å²) < 4.78 is 5.34. The highest BCUT2D eigenvalue weighted by molar-refractivity contribution is 5.86. The van der Waals surface area contributed by atoms with E-state index < -0.39 is 24.0 Å². The molecule has 3 rings (SSSR count). The van der Waals surface area contributed by atoms with Gasteiger partial charge in [0.1, 0.15) is 18.9 Å². The summed E-state index contributed by atoms with van der Waals surface area (Å²) in [5.41, 5.74) is 3.12. The van der Waals surface area contributed by atoms with Gasteiger partial charge in [-0.05, 0) is 41.9 Å². The molecule has 0 saturated carbocycles. The molecule has 2 atom stereocenters. The topological polar surface area (TPSA) is 113 Å². The summed E-state index contributed by atoms with van der Waals surface area (Å²) in [5, 5.41) is 11.8. The number of nitrogens with one attached hydrogen (secondary N) is 1. The second-order valence-corrected chi connectivity index (χ2v) is 9.58. The second kappa shape index (κ2) is 12.9. The van der Waals surface area contributed by atoms with Crippen molar-refractivity contribution in [2.45, 2.75) is 58.2 Å². The number of carboxylic acid groups (broad SMARTS) is 1. The standard InChI is InChI=1S/C28H34N2O6/c1-19(2)26(29-28(35)36-18-20-8-4-3-5-9-20)27(34)30(16-21(17-31)12-13-25(32)33)24-14-22-10-6-7-11-23(22)15-24/h3-11,17,19,21,24,26H,12-16,18H2,1-2H3,(H,29,35)(H,32,33). The Morgan fingerprint density at radius 1 is 1.06 bits per heavy atom. The van der Waals surface area contributed by atoms with Crippen molar-refractivity contribution in [3.05, 3.63) is 71.3 Å². The highest BCUT2D eigenvalue weighted by Crippen LogP contribution is 2.27. The van der Waals surface area contributed by atoms with Crippen molar-refractivity contribution >= 4 is 24.3 Å². The van der Waals surface area contributed by atoms with Gasteiger partial charge in [-0.2, -0.15) is 0 Å². The van der Waals surface area contributed by atoms with Crippen LogP contribution in [0, 0.1) is 11.8 Å². The molecule has 2 aromatic carbocycles. The van der Waals surface area contributed by atoms with Gasteiger partial charge in [-0.3, -0.25) is 9.59 Å². The third-order valence-corrected chi connectivity index (χ3v) is 6.52. The summed E-state index contributed by atoms with van der Waals surface area (Å²) in [5.74, 6) is -2.15. The van der Waals surface area contributed by atoms with Crippen LogP contribution in [0.5, 0.6) is 0 Å². The number of hydrogen-bond donors (Lipinski definition) is 2. The van der Waals surface area contributed by atoms with Gasteiger partial charge in [0.25, 0.3) is 0 Å². The number of nitrogens with zero attached hydrogens (tertiary/aromatic N) is 1. The summed E-state index contributed by atoms with van der Waals surface area (Å²) in [6.45, 7) is 3.85. The average molecular weight is 495 g/mol. The number of carbonyl (C=O) groups is 4. The molecule has 2 amide bonds. The van der Waals surface area contributed by atoms with Crippen molar-refractivity contribution in [1.82, 2.24) is 10.2 Å². The van der Waals surface area contributed by atoms with Crippen molar-refractivity contribution < 1.29 is 29.0 Å². The van der Waals surface area contributed by atoms with Crippen LogP contribution in [-0.2, 0) is 38.6 Å². The summed E-state index contributed by atoms with van der Waals surface area (Å²) in [6.07, 6.45) is 1.27. The SMILES string of the molecule is CC(C)C(NC(=O)OCc1ccccc1)C(=O)N(CC(C=O)CCC(=O)O)C1Cc2ccccc2C1. The number of rotatable bonds is 12. The fourth-order valence-electron chi connectivity index (χ4n) is 4.52. The number of ether oxygens (including phenoxy) is 1. The monoisotopic (exact) mass is 494 g/mol. The first-order valence-corrected chi connectivity index (χ1v) is 12.3. The number of aliphatic carboxylic acids is 1. The van der Waals surface area contributed by atoms with Crippen LogP contribution in [-0.4, -0.2) is 52.9 Å². The van der Waals surface area contributed by atoms with Crippen molar-refractivity contribution in [2.24, 2.45) is 11.8 Å². The quantitative estimate of drug-likeness (QED) is 0.436. The van der Waals surface area contributed by atoms with Gasteiger partial charge in [-0.15, -0.1) is 0 Å². The maximum Gasteiger partial charge on any atom is 0.408 e. The van der Waals surface area contributed by atoms with Crippen LogP contribution in [0.1, 0.15) is 43.4 Å². The molecule has 0 fully saturated rings. The maximum atomic E-state index is 13.8. The van der Waals surface area contributed by atoms with Crippen LogP contribution in [0.25, 0.3) is 0 Å². The van der Waals surface area contributed by atoms with Crippen LogP contribution in [0.2, 0.25) is 0 Å². The molecule has 8 heteroatoms. The van der Waals surface area contributed by atoms with Crippen molar-refractivity contribution in [3.8, 4) is 0 Å². The van der Waals surface area contributed by atoms with Crippen LogP contribution in [0.3, 0.4) is 0 Å². The molecule has 0 aliphatic heterocycles. The van der Waals surface area contributed by atoms with Crippen molar-refractivity contribution in [2.75, 3.05) is 6.54 Å². The molecule has 2 N–H and O–H groups in total. The van der Waals surface area contributed by atoms with E-state index in [0.717, 1.165) is 23.0 Å². The molecule has 0 aromatic heterocycles. The third-order valence-electron chi connectivity index (χ3n) is 6.52. The molecule has 0 heterocycles. The first-order chi connectivity index (χ1) is 17.3. The van der Waals surface area contributed by atoms with Crippen LogP contribution >= 0.6 is 0 Å². The van der Waals surface area contributed by atoms with Gasteiger partial charge in [0, 0.05) is 24.9 Å². The number of carboxylic acids is 1. The fraction of sp³-hybridized carbons (Fsp3) is 0.429. The van der Waals surface area contributed by atoms with Gasteiger partial charge in [0.05, 0.1) is 0 Å². The Morgan fingerprint density at radius 2 is 1.67 bits per heavy atom. The zero-order chi connectivity index (χ0) is 26.1. The molecule has 0 spiro atoms. The normalized spacial score (nSPS) is 14.5. The molecule has 1 aliphatic rings. The lowest BCUT2D eigenvalue weighted by atomic mass is 9.98. The lowest BCUT2D eigenvalue weighted by molar-refractivity contribution is -0.138. The Bertz CT molecular complexity index is 1030. The Hall–Kier alpha value is -3.68. The number of alkyl carbamates (subject to hydrolysis) is 1. The summed E-state index contributed by atoms with van der Waals surface area (Å²) in [7, 11) is 0. The Balaban J connectivity index is 1.76. The minimum Gasteiger partial charge on any atom is -0.481 e. The minimum atomic E-state index is -0.990. The van der Waals surface area contributed by atoms with Crippen LogP contribution in [0.15, 0.2) is 54.6 Å². The Morgan fingerprint density at radius 3 is 2.22 bits per heavy atom. The van der Waals surface area contributed by atoms with Crippen LogP contribution in [0.4, 0.5) is 4.79 Å². The third kappa shape index (κ3) is 7.41. The van der Waals surface area contributed by atoms with Crippen molar-refractivity contribution in [1.29, 1.82) is 0 Å². The molecule has 2 aromatic rings. The highest BCUT2D eigenvalue weighted by atomic mass is 16.5. The number of fused-ring (bicyclic) bond motifs is 1. The lowest BCUT2D eigenvalue weighted by Crippen LogP contribution is -2.55. The first-order valence-electron chi connectivity index (χ1n) is 12.3. The Kier molecular flexibility index (Phi) is 9.61. The summed E-state index contributed by atoms with van der Waals surface area (Å²) >= 11 is 0. The summed E-state index contributed by atoms with van der Waals surface area (Å²) in [6, 6.07) is 16.2. The maximum absolute atomic E-state index is 13.8. The molecule has 2 unspecified atom stereocenters. The first kappa shape index (κ1) is 26.9. The average Bonchev–Trinajstić information content (AvgIpc) is 3.30. The Labute approximate surface area is 211 Å². The molecule has 192 valence electrons. The molecule has 0 saturated heterocycles. The molecule has 0 bridgehead atoms. The number of carbonyl (C=O) groups excluding carboxylic acids is 3. The molecule has 8 nitrogen and oxygen atoms in total. The molecular formula is C28H34N2O6. The molecular weight excluding hydrogens is 460 g/mol. The molecule has 1 aliphatic carbocycles. The zero-order valence-corrected chi connectivity index (χ0v) is 20.8. The highest BCUT2D eigenvalue weighted by Gasteiger charge is 2.36. The second-order valence-electron chi connectivity index (χ2n) is 9.58. The number of aldehydes is 1. The van der Waals surface area contributed by atoms with Crippen LogP contribution < -0.4 is 5.32 Å². The predicted molar refractivity (Wildman–Crippen MR) is 134 cm³/mol. The number of amides is 2. The van der Waals surface area contributed by atoms with Gasteiger partial charge in [-0.25, -0.2) is 4.79 Å². The molecule has 0 radical (unpaired) electrons. The predicted octanol–water partition coefficient (Wildman–Crippen LogP) is 3.61. The van der Waals surface area contributed by atoms with E-state index in [1.807, 2.05) is 68.4 Å². The zero-order valence-electron chi connectivity index (χ0n) is 20.8. The number of hydrogen-bond acceptors (Lipinski definition) is 5. The van der Waals surface area contributed by atoms with E-state index in [0.29, 0.717) is 12.8 Å². The van der Waals surface area contributed by atoms with E-state index in [9.17, 15) is 19.2 Å². The van der Waals surface area contributed by atoms with Gasteiger partial charge in [0.2, 0.25) is 5.91 Å². The van der Waals surface area contributed by atoms with Gasteiger partial charge in [-0.1, -0.05) is 68.4 Å². The van der Waals surface area contributed by atoms with E-state index in [2.05, 4.69) is 5.32 Å². The van der Waals surface area contributed by atoms with Gasteiger partial charge in [0.15, 0.2) is 0 Å².